The third kappa shape index (κ3) is 6.39. The molecule has 2 aromatic rings. The number of Topliss-reactive ketones (excluding diaryl/α,β-unsaturated/α-hetero) is 1. The lowest BCUT2D eigenvalue weighted by Gasteiger charge is -2.07. The van der Waals surface area contributed by atoms with Gasteiger partial charge in [0, 0.05) is 22.6 Å². The van der Waals surface area contributed by atoms with E-state index >= 15 is 0 Å². The first-order valence-corrected chi connectivity index (χ1v) is 8.46. The molecule has 0 radical (unpaired) electrons. The zero-order valence-electron chi connectivity index (χ0n) is 13.2. The first-order valence-electron chi connectivity index (χ1n) is 7.47. The lowest BCUT2D eigenvalue weighted by atomic mass is 10.1. The van der Waals surface area contributed by atoms with E-state index in [2.05, 4.69) is 5.32 Å². The van der Waals surface area contributed by atoms with Crippen molar-refractivity contribution < 1.29 is 23.9 Å². The number of amides is 1. The predicted octanol–water partition coefficient (Wildman–Crippen LogP) is 3.60. The Labute approximate surface area is 148 Å². The molecule has 0 unspecified atom stereocenters. The first kappa shape index (κ1) is 18.7. The number of carboxylic acids is 1. The number of anilines is 1. The van der Waals surface area contributed by atoms with Gasteiger partial charge in [-0.1, -0.05) is 6.07 Å². The molecular formula is C18H16FNO4S. The number of hydrogen-bond donors (Lipinski definition) is 2. The summed E-state index contributed by atoms with van der Waals surface area (Å²) in [6, 6.07) is 12.3. The maximum atomic E-state index is 12.9. The van der Waals surface area contributed by atoms with Crippen molar-refractivity contribution in [1.29, 1.82) is 0 Å². The van der Waals surface area contributed by atoms with Crippen LogP contribution in [0.2, 0.25) is 0 Å². The second-order valence-corrected chi connectivity index (χ2v) is 6.24. The number of carbonyl (C=O) groups is 3. The fourth-order valence-corrected chi connectivity index (χ4v) is 2.83. The zero-order valence-corrected chi connectivity index (χ0v) is 14.0. The molecule has 0 aliphatic rings. The van der Waals surface area contributed by atoms with Crippen LogP contribution in [0.1, 0.15) is 23.2 Å². The van der Waals surface area contributed by atoms with Crippen molar-refractivity contribution in [3.63, 3.8) is 0 Å². The Kier molecular flexibility index (Phi) is 6.71. The van der Waals surface area contributed by atoms with Crippen LogP contribution in [0.3, 0.4) is 0 Å². The predicted molar refractivity (Wildman–Crippen MR) is 93.4 cm³/mol. The minimum atomic E-state index is -1.03. The number of halogens is 1. The molecule has 2 rings (SSSR count). The van der Waals surface area contributed by atoms with Gasteiger partial charge in [0.2, 0.25) is 5.91 Å². The monoisotopic (exact) mass is 361 g/mol. The van der Waals surface area contributed by atoms with Crippen LogP contribution in [0.5, 0.6) is 0 Å². The van der Waals surface area contributed by atoms with Crippen LogP contribution in [0.25, 0.3) is 0 Å². The number of carboxylic acid groups (broad SMARTS) is 1. The maximum absolute atomic E-state index is 12.9. The third-order valence-electron chi connectivity index (χ3n) is 3.22. The van der Waals surface area contributed by atoms with Crippen LogP contribution in [-0.2, 0) is 9.59 Å². The molecule has 0 aliphatic carbocycles. The van der Waals surface area contributed by atoms with Gasteiger partial charge in [0.25, 0.3) is 0 Å². The molecule has 0 fully saturated rings. The van der Waals surface area contributed by atoms with E-state index in [1.807, 2.05) is 0 Å². The van der Waals surface area contributed by atoms with E-state index in [0.29, 0.717) is 11.3 Å². The number of benzene rings is 2. The van der Waals surface area contributed by atoms with E-state index < -0.39 is 11.8 Å². The molecule has 0 spiro atoms. The Morgan fingerprint density at radius 1 is 1.04 bits per heavy atom. The smallest absolute Gasteiger partial charge is 0.303 e. The summed E-state index contributed by atoms with van der Waals surface area (Å²) in [5.74, 6) is -1.75. The summed E-state index contributed by atoms with van der Waals surface area (Å²) in [5.41, 5.74) is 0.974. The molecular weight excluding hydrogens is 345 g/mol. The Morgan fingerprint density at radius 3 is 2.44 bits per heavy atom. The highest BCUT2D eigenvalue weighted by Gasteiger charge is 2.09. The van der Waals surface area contributed by atoms with E-state index in [1.165, 1.54) is 36.0 Å². The highest BCUT2D eigenvalue weighted by atomic mass is 32.2. The molecule has 130 valence electrons. The van der Waals surface area contributed by atoms with Crippen molar-refractivity contribution in [3.05, 3.63) is 59.9 Å². The molecule has 0 heterocycles. The molecule has 0 aromatic heterocycles. The summed E-state index contributed by atoms with van der Waals surface area (Å²) >= 11 is 1.30. The van der Waals surface area contributed by atoms with Gasteiger partial charge in [-0.3, -0.25) is 14.4 Å². The Bertz CT molecular complexity index is 777. The quantitative estimate of drug-likeness (QED) is 0.554. The normalized spacial score (nSPS) is 10.3. The molecule has 0 aliphatic heterocycles. The van der Waals surface area contributed by atoms with Gasteiger partial charge in [-0.25, -0.2) is 4.39 Å². The van der Waals surface area contributed by atoms with Crippen molar-refractivity contribution in [2.45, 2.75) is 17.7 Å². The van der Waals surface area contributed by atoms with E-state index in [-0.39, 0.29) is 30.3 Å². The Morgan fingerprint density at radius 2 is 1.76 bits per heavy atom. The van der Waals surface area contributed by atoms with Gasteiger partial charge in [0.1, 0.15) is 5.82 Å². The second-order valence-electron chi connectivity index (χ2n) is 5.19. The Balaban J connectivity index is 1.90. The molecule has 0 saturated carbocycles. The van der Waals surface area contributed by atoms with E-state index in [1.54, 1.807) is 24.3 Å². The fraction of sp³-hybridized carbons (Fsp3) is 0.167. The molecule has 0 atom stereocenters. The minimum absolute atomic E-state index is 0.101. The van der Waals surface area contributed by atoms with Crippen LogP contribution in [0.4, 0.5) is 10.1 Å². The van der Waals surface area contributed by atoms with Crippen molar-refractivity contribution in [2.24, 2.45) is 0 Å². The summed E-state index contributed by atoms with van der Waals surface area (Å²) in [5, 5.41) is 11.2. The fourth-order valence-electron chi connectivity index (χ4n) is 1.98. The average molecular weight is 361 g/mol. The number of aliphatic carboxylic acids is 1. The molecule has 2 N–H and O–H groups in total. The summed E-state index contributed by atoms with van der Waals surface area (Å²) < 4.78 is 12.9. The van der Waals surface area contributed by atoms with E-state index in [0.717, 1.165) is 4.90 Å². The zero-order chi connectivity index (χ0) is 18.2. The average Bonchev–Trinajstić information content (AvgIpc) is 2.59. The van der Waals surface area contributed by atoms with Crippen molar-refractivity contribution in [1.82, 2.24) is 0 Å². The standard InChI is InChI=1S/C18H16FNO4S/c19-13-6-4-12(5-7-13)16(21)11-25-15-3-1-2-14(10-15)20-17(22)8-9-18(23)24/h1-7,10H,8-9,11H2,(H,20,22)(H,23,24). The lowest BCUT2D eigenvalue weighted by Crippen LogP contribution is -2.13. The largest absolute Gasteiger partial charge is 0.481 e. The van der Waals surface area contributed by atoms with Gasteiger partial charge in [-0.2, -0.15) is 0 Å². The summed E-state index contributed by atoms with van der Waals surface area (Å²) in [7, 11) is 0. The third-order valence-corrected chi connectivity index (χ3v) is 4.21. The highest BCUT2D eigenvalue weighted by Crippen LogP contribution is 2.23. The lowest BCUT2D eigenvalue weighted by molar-refractivity contribution is -0.138. The van der Waals surface area contributed by atoms with Crippen LogP contribution < -0.4 is 5.32 Å². The molecule has 2 aromatic carbocycles. The number of ketones is 1. The molecule has 5 nitrogen and oxygen atoms in total. The van der Waals surface area contributed by atoms with Gasteiger partial charge in [-0.15, -0.1) is 11.8 Å². The van der Waals surface area contributed by atoms with Crippen LogP contribution in [0, 0.1) is 5.82 Å². The van der Waals surface area contributed by atoms with Crippen molar-refractivity contribution in [2.75, 3.05) is 11.1 Å². The Hall–Kier alpha value is -2.67. The van der Waals surface area contributed by atoms with Gasteiger partial charge in [0.15, 0.2) is 5.78 Å². The van der Waals surface area contributed by atoms with Crippen LogP contribution in [-0.4, -0.2) is 28.5 Å². The number of thioether (sulfide) groups is 1. The van der Waals surface area contributed by atoms with Crippen molar-refractivity contribution >= 4 is 35.1 Å². The van der Waals surface area contributed by atoms with Gasteiger partial charge >= 0.3 is 5.97 Å². The van der Waals surface area contributed by atoms with Crippen LogP contribution in [0.15, 0.2) is 53.4 Å². The molecule has 7 heteroatoms. The maximum Gasteiger partial charge on any atom is 0.303 e. The summed E-state index contributed by atoms with van der Waals surface area (Å²) in [4.78, 5) is 35.0. The topological polar surface area (TPSA) is 83.5 Å². The molecule has 25 heavy (non-hydrogen) atoms. The highest BCUT2D eigenvalue weighted by molar-refractivity contribution is 8.00. The summed E-state index contributed by atoms with van der Waals surface area (Å²) in [6.45, 7) is 0. The van der Waals surface area contributed by atoms with E-state index in [4.69, 9.17) is 5.11 Å². The SMILES string of the molecule is O=C(O)CCC(=O)Nc1cccc(SCC(=O)c2ccc(F)cc2)c1. The number of nitrogens with one attached hydrogen (secondary N) is 1. The summed E-state index contributed by atoms with van der Waals surface area (Å²) in [6.07, 6.45) is -0.331. The number of carbonyl (C=O) groups excluding carboxylic acids is 2. The van der Waals surface area contributed by atoms with Crippen LogP contribution >= 0.6 is 11.8 Å². The molecule has 0 bridgehead atoms. The second kappa shape index (κ2) is 8.98. The molecule has 0 saturated heterocycles. The molecule has 1 amide bonds. The minimum Gasteiger partial charge on any atom is -0.481 e. The van der Waals surface area contributed by atoms with Gasteiger partial charge in [-0.05, 0) is 42.5 Å². The number of rotatable bonds is 8. The van der Waals surface area contributed by atoms with Gasteiger partial charge < -0.3 is 10.4 Å². The van der Waals surface area contributed by atoms with Crippen molar-refractivity contribution in [3.8, 4) is 0 Å². The first-order chi connectivity index (χ1) is 11.9. The van der Waals surface area contributed by atoms with E-state index in [9.17, 15) is 18.8 Å². The van der Waals surface area contributed by atoms with Gasteiger partial charge in [0.05, 0.1) is 12.2 Å². The number of hydrogen-bond acceptors (Lipinski definition) is 4.